The molecule has 1 saturated carbocycles. The van der Waals surface area contributed by atoms with Crippen molar-refractivity contribution in [1.82, 2.24) is 0 Å². The predicted octanol–water partition coefficient (Wildman–Crippen LogP) is 3.16. The molecule has 0 atom stereocenters. The number of carbonyl (C=O) groups excluding carboxylic acids is 2. The Labute approximate surface area is 142 Å². The van der Waals surface area contributed by atoms with Gasteiger partial charge in [-0.25, -0.2) is 9.59 Å². The Kier molecular flexibility index (Phi) is 4.06. The van der Waals surface area contributed by atoms with E-state index < -0.39 is 17.7 Å². The van der Waals surface area contributed by atoms with Crippen LogP contribution in [0.1, 0.15) is 26.7 Å². The van der Waals surface area contributed by atoms with Crippen molar-refractivity contribution in [2.24, 2.45) is 0 Å². The van der Waals surface area contributed by atoms with Crippen molar-refractivity contribution in [2.45, 2.75) is 38.5 Å². The molecule has 3 rings (SSSR count). The molecule has 122 valence electrons. The highest BCUT2D eigenvalue weighted by Crippen LogP contribution is 2.35. The van der Waals surface area contributed by atoms with E-state index in [1.165, 1.54) is 20.0 Å². The van der Waals surface area contributed by atoms with Gasteiger partial charge in [-0.1, -0.05) is 6.07 Å². The number of rotatable bonds is 4. The normalized spacial score (nSPS) is 19.7. The van der Waals surface area contributed by atoms with E-state index in [2.05, 4.69) is 26.6 Å². The third-order valence-electron chi connectivity index (χ3n) is 3.43. The van der Waals surface area contributed by atoms with Gasteiger partial charge in [-0.05, 0) is 40.9 Å². The van der Waals surface area contributed by atoms with Crippen molar-refractivity contribution in [3.8, 4) is 0 Å². The molecule has 0 amide bonds. The topological polar surface area (TPSA) is 76.7 Å². The van der Waals surface area contributed by atoms with Crippen LogP contribution in [-0.2, 0) is 19.1 Å². The quantitative estimate of drug-likeness (QED) is 0.474. The summed E-state index contributed by atoms with van der Waals surface area (Å²) >= 11 is 3.47. The van der Waals surface area contributed by atoms with Gasteiger partial charge in [-0.15, -0.1) is 0 Å². The number of para-hydroxylation sites is 1. The van der Waals surface area contributed by atoms with Crippen molar-refractivity contribution < 1.29 is 19.1 Å². The summed E-state index contributed by atoms with van der Waals surface area (Å²) in [5, 5.41) is 6.39. The molecule has 0 spiro atoms. The lowest BCUT2D eigenvalue weighted by molar-refractivity contribution is -0.222. The maximum atomic E-state index is 11.9. The second kappa shape index (κ2) is 5.88. The minimum Gasteiger partial charge on any atom is -0.419 e. The van der Waals surface area contributed by atoms with Gasteiger partial charge in [0.05, 0.1) is 11.4 Å². The molecule has 2 N–H and O–H groups in total. The van der Waals surface area contributed by atoms with Crippen LogP contribution in [0.25, 0.3) is 0 Å². The predicted molar refractivity (Wildman–Crippen MR) is 88.8 cm³/mol. The van der Waals surface area contributed by atoms with Crippen LogP contribution in [0.2, 0.25) is 0 Å². The molecular weight excluding hydrogens is 364 g/mol. The number of halogens is 1. The van der Waals surface area contributed by atoms with Crippen LogP contribution < -0.4 is 10.6 Å². The second-order valence-electron chi connectivity index (χ2n) is 5.96. The molecule has 1 saturated heterocycles. The smallest absolute Gasteiger partial charge is 0.350 e. The summed E-state index contributed by atoms with van der Waals surface area (Å²) in [6, 6.07) is 6.20. The Morgan fingerprint density at radius 2 is 1.87 bits per heavy atom. The highest BCUT2D eigenvalue weighted by molar-refractivity contribution is 9.10. The summed E-state index contributed by atoms with van der Waals surface area (Å²) in [6.45, 7) is 3.02. The first-order valence-corrected chi connectivity index (χ1v) is 8.13. The number of hydrogen-bond acceptors (Lipinski definition) is 6. The molecule has 6 nitrogen and oxygen atoms in total. The van der Waals surface area contributed by atoms with Gasteiger partial charge in [0.25, 0.3) is 5.79 Å². The van der Waals surface area contributed by atoms with Gasteiger partial charge in [0.2, 0.25) is 0 Å². The zero-order chi connectivity index (χ0) is 16.6. The average molecular weight is 381 g/mol. The third kappa shape index (κ3) is 3.67. The van der Waals surface area contributed by atoms with Crippen LogP contribution in [0.3, 0.4) is 0 Å². The summed E-state index contributed by atoms with van der Waals surface area (Å²) in [5.74, 6) is -2.65. The fourth-order valence-electron chi connectivity index (χ4n) is 2.16. The van der Waals surface area contributed by atoms with E-state index >= 15 is 0 Å². The molecule has 1 aliphatic carbocycles. The number of benzene rings is 1. The van der Waals surface area contributed by atoms with Crippen molar-refractivity contribution in [1.29, 1.82) is 0 Å². The standard InChI is InChI=1S/C16H17BrN2O4/c1-16(2)22-14(20)10(15(21)23-16)8-18-13-11(17)4-3-5-12(13)19-9-6-7-9/h3-5,8-9,18-19H,6-7H2,1-2H3. The highest BCUT2D eigenvalue weighted by atomic mass is 79.9. The Morgan fingerprint density at radius 1 is 1.22 bits per heavy atom. The summed E-state index contributed by atoms with van der Waals surface area (Å²) < 4.78 is 10.9. The molecule has 2 fully saturated rings. The lowest BCUT2D eigenvalue weighted by Crippen LogP contribution is -2.42. The molecule has 2 aliphatic rings. The van der Waals surface area contributed by atoms with E-state index in [1.54, 1.807) is 0 Å². The molecular formula is C16H17BrN2O4. The SMILES string of the molecule is CC1(C)OC(=O)C(=CNc2c(Br)cccc2NC2CC2)C(=O)O1. The first-order valence-electron chi connectivity index (χ1n) is 7.34. The Balaban J connectivity index is 1.82. The van der Waals surface area contributed by atoms with E-state index in [0.29, 0.717) is 6.04 Å². The van der Waals surface area contributed by atoms with E-state index in [0.717, 1.165) is 28.7 Å². The lowest BCUT2D eigenvalue weighted by atomic mass is 10.2. The molecule has 0 unspecified atom stereocenters. The summed E-state index contributed by atoms with van der Waals surface area (Å²) in [7, 11) is 0. The number of hydrogen-bond donors (Lipinski definition) is 2. The summed E-state index contributed by atoms with van der Waals surface area (Å²) in [5.41, 5.74) is 1.48. The molecule has 1 aromatic rings. The number of ether oxygens (including phenoxy) is 2. The molecule has 0 aromatic heterocycles. The van der Waals surface area contributed by atoms with Gasteiger partial charge in [0.15, 0.2) is 5.57 Å². The van der Waals surface area contributed by atoms with Gasteiger partial charge < -0.3 is 20.1 Å². The van der Waals surface area contributed by atoms with Crippen LogP contribution in [0.4, 0.5) is 11.4 Å². The van der Waals surface area contributed by atoms with Crippen LogP contribution in [0.5, 0.6) is 0 Å². The average Bonchev–Trinajstić information content (AvgIpc) is 3.23. The number of esters is 2. The van der Waals surface area contributed by atoms with E-state index in [1.807, 2.05) is 18.2 Å². The Hall–Kier alpha value is -2.02. The molecule has 0 bridgehead atoms. The van der Waals surface area contributed by atoms with Crippen LogP contribution in [0.15, 0.2) is 34.4 Å². The number of carbonyl (C=O) groups is 2. The van der Waals surface area contributed by atoms with E-state index in [4.69, 9.17) is 9.47 Å². The maximum Gasteiger partial charge on any atom is 0.350 e. The minimum absolute atomic E-state index is 0.169. The highest BCUT2D eigenvalue weighted by Gasteiger charge is 2.39. The minimum atomic E-state index is -1.24. The van der Waals surface area contributed by atoms with Gasteiger partial charge in [0.1, 0.15) is 0 Å². The van der Waals surface area contributed by atoms with Crippen LogP contribution in [0, 0.1) is 0 Å². The Morgan fingerprint density at radius 3 is 2.48 bits per heavy atom. The maximum absolute atomic E-state index is 11.9. The molecule has 7 heteroatoms. The molecule has 1 aromatic carbocycles. The van der Waals surface area contributed by atoms with Crippen LogP contribution in [-0.4, -0.2) is 23.8 Å². The number of anilines is 2. The van der Waals surface area contributed by atoms with Crippen molar-refractivity contribution in [3.63, 3.8) is 0 Å². The largest absolute Gasteiger partial charge is 0.419 e. The molecule has 1 heterocycles. The third-order valence-corrected chi connectivity index (χ3v) is 4.09. The van der Waals surface area contributed by atoms with Gasteiger partial charge in [-0.3, -0.25) is 0 Å². The summed E-state index contributed by atoms with van der Waals surface area (Å²) in [4.78, 5) is 23.9. The van der Waals surface area contributed by atoms with Crippen LogP contribution >= 0.6 is 15.9 Å². The summed E-state index contributed by atoms with van der Waals surface area (Å²) in [6.07, 6.45) is 3.60. The van der Waals surface area contributed by atoms with Crippen molar-refractivity contribution >= 4 is 39.2 Å². The van der Waals surface area contributed by atoms with Crippen molar-refractivity contribution in [2.75, 3.05) is 10.6 Å². The lowest BCUT2D eigenvalue weighted by Gasteiger charge is -2.29. The zero-order valence-electron chi connectivity index (χ0n) is 12.8. The first kappa shape index (κ1) is 15.9. The number of nitrogens with one attached hydrogen (secondary N) is 2. The molecule has 1 aliphatic heterocycles. The monoisotopic (exact) mass is 380 g/mol. The number of cyclic esters (lactones) is 2. The Bertz CT molecular complexity index is 673. The van der Waals surface area contributed by atoms with Crippen molar-refractivity contribution in [3.05, 3.63) is 34.4 Å². The van der Waals surface area contributed by atoms with Gasteiger partial charge >= 0.3 is 11.9 Å². The molecule has 0 radical (unpaired) electrons. The van der Waals surface area contributed by atoms with E-state index in [-0.39, 0.29) is 5.57 Å². The fraction of sp³-hybridized carbons (Fsp3) is 0.375. The zero-order valence-corrected chi connectivity index (χ0v) is 14.4. The van der Waals surface area contributed by atoms with E-state index in [9.17, 15) is 9.59 Å². The van der Waals surface area contributed by atoms with Gasteiger partial charge in [-0.2, -0.15) is 0 Å². The fourth-order valence-corrected chi connectivity index (χ4v) is 2.64. The second-order valence-corrected chi connectivity index (χ2v) is 6.82. The van der Waals surface area contributed by atoms with Gasteiger partial charge in [0, 0.05) is 30.6 Å². The molecule has 23 heavy (non-hydrogen) atoms. The first-order chi connectivity index (χ1) is 10.9.